The first-order valence-corrected chi connectivity index (χ1v) is 15.3. The molecule has 1 amide bonds. The zero-order valence-corrected chi connectivity index (χ0v) is 25.0. The maximum absolute atomic E-state index is 14.5. The topological polar surface area (TPSA) is 69.0 Å². The van der Waals surface area contributed by atoms with E-state index in [1.54, 1.807) is 4.90 Å². The largest absolute Gasteiger partial charge is 0.508 e. The van der Waals surface area contributed by atoms with E-state index in [-0.39, 0.29) is 11.7 Å². The van der Waals surface area contributed by atoms with E-state index in [0.717, 1.165) is 40.6 Å². The van der Waals surface area contributed by atoms with Gasteiger partial charge in [-0.05, 0) is 88.1 Å². The first-order chi connectivity index (χ1) is 20.3. The van der Waals surface area contributed by atoms with E-state index in [1.165, 1.54) is 47.9 Å². The molecule has 3 aromatic carbocycles. The van der Waals surface area contributed by atoms with E-state index in [1.807, 2.05) is 38.1 Å². The van der Waals surface area contributed by atoms with Crippen LogP contribution in [0.5, 0.6) is 5.75 Å². The molecule has 0 saturated carbocycles. The van der Waals surface area contributed by atoms with Gasteiger partial charge in [-0.3, -0.25) is 9.79 Å². The number of aliphatic imine (C=N–C) groups is 1. The number of hydrogen-bond acceptors (Lipinski definition) is 6. The second-order valence-electron chi connectivity index (χ2n) is 11.4. The fourth-order valence-corrected chi connectivity index (χ4v) is 7.13. The average Bonchev–Trinajstić information content (AvgIpc) is 3.43. The molecule has 6 nitrogen and oxygen atoms in total. The van der Waals surface area contributed by atoms with Crippen molar-refractivity contribution in [2.75, 3.05) is 26.7 Å². The first-order valence-electron chi connectivity index (χ1n) is 14.5. The fourth-order valence-electron chi connectivity index (χ4n) is 6.06. The molecule has 2 aliphatic rings. The molecule has 1 unspecified atom stereocenters. The van der Waals surface area contributed by atoms with Crippen molar-refractivity contribution in [2.45, 2.75) is 45.1 Å². The minimum atomic E-state index is -0.736. The molecule has 8 heteroatoms. The van der Waals surface area contributed by atoms with Gasteiger partial charge < -0.3 is 14.9 Å². The summed E-state index contributed by atoms with van der Waals surface area (Å²) in [4.78, 5) is 28.4. The number of aromatic nitrogens is 1. The number of para-hydroxylation sites is 1. The molecule has 1 N–H and O–H groups in total. The van der Waals surface area contributed by atoms with Crippen molar-refractivity contribution >= 4 is 28.6 Å². The number of likely N-dealkylation sites (tertiary alicyclic amines) is 1. The Morgan fingerprint density at radius 1 is 1.07 bits per heavy atom. The lowest BCUT2D eigenvalue weighted by Crippen LogP contribution is -2.42. The molecule has 216 valence electrons. The predicted molar refractivity (Wildman–Crippen MR) is 167 cm³/mol. The highest BCUT2D eigenvalue weighted by Gasteiger charge is 2.36. The van der Waals surface area contributed by atoms with Gasteiger partial charge in [0, 0.05) is 29.8 Å². The SMILES string of the molecule is CC(=Nc1ccccc1C)C(c1cc(F)ccc1O)N1CCc2nc(-c3ccc(C4CCN(C)CC4)cc3)sc2C1=O. The van der Waals surface area contributed by atoms with E-state index in [0.29, 0.717) is 35.0 Å². The molecule has 42 heavy (non-hydrogen) atoms. The highest BCUT2D eigenvalue weighted by atomic mass is 32.1. The molecule has 3 heterocycles. The molecule has 1 saturated heterocycles. The van der Waals surface area contributed by atoms with Crippen molar-refractivity contribution < 1.29 is 14.3 Å². The molecule has 1 fully saturated rings. The quantitative estimate of drug-likeness (QED) is 0.242. The third-order valence-corrected chi connectivity index (χ3v) is 9.63. The number of thiazole rings is 1. The van der Waals surface area contributed by atoms with Crippen molar-refractivity contribution in [3.8, 4) is 16.3 Å². The highest BCUT2D eigenvalue weighted by Crippen LogP contribution is 2.39. The van der Waals surface area contributed by atoms with Gasteiger partial charge in [0.15, 0.2) is 0 Å². The van der Waals surface area contributed by atoms with Gasteiger partial charge in [0.05, 0.1) is 17.4 Å². The molecule has 0 radical (unpaired) electrons. The van der Waals surface area contributed by atoms with Crippen LogP contribution in [0.1, 0.15) is 63.8 Å². The fraction of sp³-hybridized carbons (Fsp3) is 0.324. The number of benzene rings is 3. The van der Waals surface area contributed by atoms with E-state index < -0.39 is 11.9 Å². The van der Waals surface area contributed by atoms with Gasteiger partial charge >= 0.3 is 0 Å². The molecule has 1 aromatic heterocycles. The number of hydrogen-bond donors (Lipinski definition) is 1. The summed E-state index contributed by atoms with van der Waals surface area (Å²) in [7, 11) is 2.17. The van der Waals surface area contributed by atoms with Gasteiger partial charge in [-0.1, -0.05) is 42.5 Å². The zero-order chi connectivity index (χ0) is 29.4. The summed E-state index contributed by atoms with van der Waals surface area (Å²) in [6, 6.07) is 19.5. The zero-order valence-electron chi connectivity index (χ0n) is 24.2. The normalized spacial score (nSPS) is 17.4. The van der Waals surface area contributed by atoms with Crippen LogP contribution in [0.15, 0.2) is 71.7 Å². The summed E-state index contributed by atoms with van der Waals surface area (Å²) >= 11 is 1.39. The molecule has 0 bridgehead atoms. The Balaban J connectivity index is 1.31. The summed E-state index contributed by atoms with van der Waals surface area (Å²) in [6.45, 7) is 6.42. The minimum Gasteiger partial charge on any atom is -0.508 e. The number of phenols is 1. The van der Waals surface area contributed by atoms with E-state index in [4.69, 9.17) is 9.98 Å². The van der Waals surface area contributed by atoms with Crippen LogP contribution in [0.25, 0.3) is 10.6 Å². The average molecular weight is 583 g/mol. The van der Waals surface area contributed by atoms with Crippen LogP contribution in [0.4, 0.5) is 10.1 Å². The Labute approximate surface area is 250 Å². The smallest absolute Gasteiger partial charge is 0.266 e. The number of nitrogens with zero attached hydrogens (tertiary/aromatic N) is 4. The number of carbonyl (C=O) groups excluding carboxylic acids is 1. The highest BCUT2D eigenvalue weighted by molar-refractivity contribution is 7.17. The summed E-state index contributed by atoms with van der Waals surface area (Å²) in [5.41, 5.74) is 5.81. The lowest BCUT2D eigenvalue weighted by molar-refractivity contribution is 0.0709. The van der Waals surface area contributed by atoms with Crippen LogP contribution in [0.2, 0.25) is 0 Å². The van der Waals surface area contributed by atoms with Gasteiger partial charge in [0.1, 0.15) is 21.5 Å². The first kappa shape index (κ1) is 28.2. The summed E-state index contributed by atoms with van der Waals surface area (Å²) in [6.07, 6.45) is 2.90. The van der Waals surface area contributed by atoms with Crippen LogP contribution in [0.3, 0.4) is 0 Å². The number of piperidine rings is 1. The van der Waals surface area contributed by atoms with Crippen LogP contribution >= 0.6 is 11.3 Å². The number of amides is 1. The molecular formula is C34H35FN4O2S. The Hall–Kier alpha value is -3.88. The lowest BCUT2D eigenvalue weighted by Gasteiger charge is -2.34. The van der Waals surface area contributed by atoms with Gasteiger partial charge in [-0.25, -0.2) is 9.37 Å². The number of rotatable bonds is 6. The van der Waals surface area contributed by atoms with Crippen LogP contribution in [-0.2, 0) is 6.42 Å². The van der Waals surface area contributed by atoms with Crippen LogP contribution in [-0.4, -0.2) is 58.2 Å². The van der Waals surface area contributed by atoms with Crippen molar-refractivity contribution in [1.82, 2.24) is 14.8 Å². The number of halogens is 1. The minimum absolute atomic E-state index is 0.0750. The molecule has 1 atom stereocenters. The molecule has 4 aromatic rings. The number of carbonyl (C=O) groups is 1. The standard InChI is InChI=1S/C34H35FN4O2S/c1-21-6-4-5-7-28(21)36-22(2)31(27-20-26(35)12-13-30(27)40)39-19-16-29-32(34(39)41)42-33(37-29)25-10-8-23(9-11-25)24-14-17-38(3)18-15-24/h4-13,20,24,31,40H,14-19H2,1-3H3. The Kier molecular flexibility index (Phi) is 7.92. The molecular weight excluding hydrogens is 547 g/mol. The van der Waals surface area contributed by atoms with Gasteiger partial charge in [-0.2, -0.15) is 0 Å². The number of aryl methyl sites for hydroxylation is 1. The van der Waals surface area contributed by atoms with Crippen molar-refractivity contribution in [3.05, 3.63) is 99.8 Å². The maximum atomic E-state index is 14.5. The molecule has 6 rings (SSSR count). The number of aromatic hydroxyl groups is 1. The third-order valence-electron chi connectivity index (χ3n) is 8.49. The van der Waals surface area contributed by atoms with Crippen molar-refractivity contribution in [3.63, 3.8) is 0 Å². The molecule has 0 aliphatic carbocycles. The van der Waals surface area contributed by atoms with E-state index >= 15 is 0 Å². The predicted octanol–water partition coefficient (Wildman–Crippen LogP) is 7.30. The molecule has 0 spiro atoms. The number of phenolic OH excluding ortho intramolecular Hbond substituents is 1. The third kappa shape index (κ3) is 5.61. The summed E-state index contributed by atoms with van der Waals surface area (Å²) in [5, 5.41) is 11.6. The number of fused-ring (bicyclic) bond motifs is 1. The second kappa shape index (κ2) is 11.8. The molecule has 2 aliphatic heterocycles. The van der Waals surface area contributed by atoms with Crippen LogP contribution in [0, 0.1) is 12.7 Å². The van der Waals surface area contributed by atoms with Crippen LogP contribution < -0.4 is 0 Å². The van der Waals surface area contributed by atoms with E-state index in [2.05, 4.69) is 36.2 Å². The second-order valence-corrected chi connectivity index (χ2v) is 12.4. The monoisotopic (exact) mass is 582 g/mol. The van der Waals surface area contributed by atoms with Gasteiger partial charge in [0.2, 0.25) is 0 Å². The Morgan fingerprint density at radius 3 is 2.55 bits per heavy atom. The van der Waals surface area contributed by atoms with Gasteiger partial charge in [0.25, 0.3) is 5.91 Å². The van der Waals surface area contributed by atoms with Crippen molar-refractivity contribution in [1.29, 1.82) is 0 Å². The van der Waals surface area contributed by atoms with Gasteiger partial charge in [-0.15, -0.1) is 11.3 Å². The Morgan fingerprint density at radius 2 is 1.81 bits per heavy atom. The van der Waals surface area contributed by atoms with Crippen molar-refractivity contribution in [2.24, 2.45) is 4.99 Å². The summed E-state index contributed by atoms with van der Waals surface area (Å²) < 4.78 is 14.5. The van der Waals surface area contributed by atoms with E-state index in [9.17, 15) is 14.3 Å². The summed E-state index contributed by atoms with van der Waals surface area (Å²) in [5.74, 6) is -0.161. The Bertz CT molecular complexity index is 1640. The lowest BCUT2D eigenvalue weighted by atomic mass is 9.89. The maximum Gasteiger partial charge on any atom is 0.266 e.